The molecule has 1 aliphatic heterocycles. The molecule has 1 amide bonds. The highest BCUT2D eigenvalue weighted by atomic mass is 35.5. The molecule has 2 heterocycles. The molecule has 0 radical (unpaired) electrons. The molecule has 0 bridgehead atoms. The van der Waals surface area contributed by atoms with E-state index >= 15 is 0 Å². The summed E-state index contributed by atoms with van der Waals surface area (Å²) in [4.78, 5) is 15.6. The van der Waals surface area contributed by atoms with Crippen molar-refractivity contribution in [3.05, 3.63) is 107 Å². The predicted molar refractivity (Wildman–Crippen MR) is 145 cm³/mol. The third-order valence-corrected chi connectivity index (χ3v) is 6.83. The highest BCUT2D eigenvalue weighted by Crippen LogP contribution is 2.33. The number of hydrogen-bond acceptors (Lipinski definition) is 4. The van der Waals surface area contributed by atoms with E-state index < -0.39 is 0 Å². The van der Waals surface area contributed by atoms with Crippen LogP contribution in [0.3, 0.4) is 0 Å². The monoisotopic (exact) mass is 515 g/mol. The number of ether oxygens (including phenoxy) is 2. The van der Waals surface area contributed by atoms with Crippen LogP contribution in [0.5, 0.6) is 11.6 Å². The second kappa shape index (κ2) is 11.6. The molecule has 1 unspecified atom stereocenters. The molecule has 3 aromatic carbocycles. The van der Waals surface area contributed by atoms with Gasteiger partial charge in [-0.25, -0.2) is 4.68 Å². The second-order valence-corrected chi connectivity index (χ2v) is 9.45. The van der Waals surface area contributed by atoms with Crippen LogP contribution in [-0.2, 0) is 17.7 Å². The standard InChI is InChI=1S/C30H30ClN3O3/c1-2-28-26(21-33(20-24-16-11-19-36-24)29(35)25-17-9-10-18-27(25)31)30(37-23-14-7-4-8-15-23)34(32-28)22-12-5-3-6-13-22/h3-10,12-15,17-18,24H,2,11,16,19-21H2,1H3. The van der Waals surface area contributed by atoms with E-state index in [4.69, 9.17) is 26.2 Å². The quantitative estimate of drug-likeness (QED) is 0.249. The smallest absolute Gasteiger partial charge is 0.255 e. The van der Waals surface area contributed by atoms with Crippen LogP contribution >= 0.6 is 11.6 Å². The molecule has 1 aromatic heterocycles. The summed E-state index contributed by atoms with van der Waals surface area (Å²) in [6.45, 7) is 3.57. The van der Waals surface area contributed by atoms with Crippen LogP contribution in [0, 0.1) is 0 Å². The number of carbonyl (C=O) groups is 1. The number of aromatic nitrogens is 2. The van der Waals surface area contributed by atoms with Crippen LogP contribution < -0.4 is 4.74 Å². The normalized spacial score (nSPS) is 15.0. The molecule has 7 heteroatoms. The van der Waals surface area contributed by atoms with Gasteiger partial charge in [-0.3, -0.25) is 4.79 Å². The fraction of sp³-hybridized carbons (Fsp3) is 0.267. The number of aryl methyl sites for hydroxylation is 1. The predicted octanol–water partition coefficient (Wildman–Crippen LogP) is 6.70. The minimum atomic E-state index is -0.138. The van der Waals surface area contributed by atoms with E-state index in [-0.39, 0.29) is 12.0 Å². The minimum Gasteiger partial charge on any atom is -0.439 e. The van der Waals surface area contributed by atoms with Crippen molar-refractivity contribution < 1.29 is 14.3 Å². The minimum absolute atomic E-state index is 0.0147. The maximum absolute atomic E-state index is 13.8. The highest BCUT2D eigenvalue weighted by molar-refractivity contribution is 6.33. The summed E-state index contributed by atoms with van der Waals surface area (Å²) in [6, 6.07) is 26.7. The Balaban J connectivity index is 1.58. The van der Waals surface area contributed by atoms with Crippen molar-refractivity contribution >= 4 is 17.5 Å². The Morgan fingerprint density at radius 2 is 1.76 bits per heavy atom. The van der Waals surface area contributed by atoms with Gasteiger partial charge < -0.3 is 14.4 Å². The van der Waals surface area contributed by atoms with Crippen molar-refractivity contribution in [2.75, 3.05) is 13.2 Å². The molecular weight excluding hydrogens is 486 g/mol. The average molecular weight is 516 g/mol. The molecule has 4 aromatic rings. The second-order valence-electron chi connectivity index (χ2n) is 9.05. The number of amides is 1. The first-order valence-electron chi connectivity index (χ1n) is 12.7. The summed E-state index contributed by atoms with van der Waals surface area (Å²) in [5, 5.41) is 5.36. The van der Waals surface area contributed by atoms with E-state index in [9.17, 15) is 4.79 Å². The Labute approximate surface area is 222 Å². The van der Waals surface area contributed by atoms with E-state index in [0.29, 0.717) is 48.3 Å². The zero-order valence-electron chi connectivity index (χ0n) is 20.8. The number of hydrogen-bond donors (Lipinski definition) is 0. The van der Waals surface area contributed by atoms with Crippen LogP contribution in [0.25, 0.3) is 5.69 Å². The van der Waals surface area contributed by atoms with Gasteiger partial charge in [0.05, 0.1) is 40.2 Å². The van der Waals surface area contributed by atoms with Crippen LogP contribution in [0.1, 0.15) is 41.4 Å². The lowest BCUT2D eigenvalue weighted by molar-refractivity contribution is 0.0505. The molecule has 37 heavy (non-hydrogen) atoms. The van der Waals surface area contributed by atoms with Gasteiger partial charge >= 0.3 is 0 Å². The Kier molecular flexibility index (Phi) is 7.87. The van der Waals surface area contributed by atoms with E-state index in [2.05, 4.69) is 6.92 Å². The Morgan fingerprint density at radius 1 is 1.05 bits per heavy atom. The molecule has 0 spiro atoms. The SMILES string of the molecule is CCc1nn(-c2ccccc2)c(Oc2ccccc2)c1CN(CC1CCCO1)C(=O)c1ccccc1Cl. The van der Waals surface area contributed by atoms with Crippen molar-refractivity contribution in [1.29, 1.82) is 0 Å². The molecule has 0 aliphatic carbocycles. The molecule has 1 atom stereocenters. The van der Waals surface area contributed by atoms with Gasteiger partial charge in [-0.05, 0) is 55.7 Å². The van der Waals surface area contributed by atoms with Gasteiger partial charge in [0.2, 0.25) is 5.88 Å². The van der Waals surface area contributed by atoms with Crippen molar-refractivity contribution in [3.63, 3.8) is 0 Å². The zero-order valence-corrected chi connectivity index (χ0v) is 21.6. The van der Waals surface area contributed by atoms with E-state index in [1.54, 1.807) is 12.1 Å². The zero-order chi connectivity index (χ0) is 25.6. The first kappa shape index (κ1) is 25.1. The van der Waals surface area contributed by atoms with Crippen LogP contribution in [0.2, 0.25) is 5.02 Å². The fourth-order valence-electron chi connectivity index (χ4n) is 4.62. The van der Waals surface area contributed by atoms with Gasteiger partial charge in [-0.1, -0.05) is 67.1 Å². The lowest BCUT2D eigenvalue weighted by Crippen LogP contribution is -2.37. The fourth-order valence-corrected chi connectivity index (χ4v) is 4.84. The van der Waals surface area contributed by atoms with Crippen LogP contribution in [-0.4, -0.2) is 39.8 Å². The maximum atomic E-state index is 13.8. The lowest BCUT2D eigenvalue weighted by atomic mass is 10.1. The third-order valence-electron chi connectivity index (χ3n) is 6.50. The Hall–Kier alpha value is -3.61. The van der Waals surface area contributed by atoms with E-state index in [1.807, 2.05) is 82.4 Å². The molecule has 1 fully saturated rings. The van der Waals surface area contributed by atoms with Crippen molar-refractivity contribution in [3.8, 4) is 17.3 Å². The summed E-state index contributed by atoms with van der Waals surface area (Å²) in [6.07, 6.45) is 2.59. The first-order chi connectivity index (χ1) is 18.1. The van der Waals surface area contributed by atoms with E-state index in [1.165, 1.54) is 0 Å². The largest absolute Gasteiger partial charge is 0.439 e. The van der Waals surface area contributed by atoms with Gasteiger partial charge in [0.25, 0.3) is 5.91 Å². The molecular formula is C30H30ClN3O3. The van der Waals surface area contributed by atoms with Crippen molar-refractivity contribution in [2.45, 2.75) is 38.8 Å². The van der Waals surface area contributed by atoms with Gasteiger partial charge in [-0.15, -0.1) is 0 Å². The van der Waals surface area contributed by atoms with Gasteiger partial charge in [-0.2, -0.15) is 5.10 Å². The molecule has 5 rings (SSSR count). The van der Waals surface area contributed by atoms with Gasteiger partial charge in [0.15, 0.2) is 0 Å². The average Bonchev–Trinajstić information content (AvgIpc) is 3.57. The summed E-state index contributed by atoms with van der Waals surface area (Å²) in [5.41, 5.74) is 3.10. The molecule has 0 N–H and O–H groups in total. The van der Waals surface area contributed by atoms with Crippen LogP contribution in [0.15, 0.2) is 84.9 Å². The van der Waals surface area contributed by atoms with Crippen LogP contribution in [0.4, 0.5) is 0 Å². The van der Waals surface area contributed by atoms with Crippen molar-refractivity contribution in [1.82, 2.24) is 14.7 Å². The topological polar surface area (TPSA) is 56.6 Å². The summed E-state index contributed by atoms with van der Waals surface area (Å²) in [7, 11) is 0. The summed E-state index contributed by atoms with van der Waals surface area (Å²) >= 11 is 6.44. The van der Waals surface area contributed by atoms with E-state index in [0.717, 1.165) is 29.8 Å². The number of halogens is 1. The van der Waals surface area contributed by atoms with Gasteiger partial charge in [0.1, 0.15) is 5.75 Å². The number of carbonyl (C=O) groups excluding carboxylic acids is 1. The number of benzene rings is 3. The lowest BCUT2D eigenvalue weighted by Gasteiger charge is -2.26. The van der Waals surface area contributed by atoms with Gasteiger partial charge in [0, 0.05) is 13.2 Å². The molecule has 1 aliphatic rings. The third kappa shape index (κ3) is 5.71. The molecule has 6 nitrogen and oxygen atoms in total. The number of para-hydroxylation sites is 2. The molecule has 190 valence electrons. The molecule has 0 saturated carbocycles. The summed E-state index contributed by atoms with van der Waals surface area (Å²) < 4.78 is 14.2. The highest BCUT2D eigenvalue weighted by Gasteiger charge is 2.29. The summed E-state index contributed by atoms with van der Waals surface area (Å²) in [5.74, 6) is 1.16. The first-order valence-corrected chi connectivity index (χ1v) is 13.1. The maximum Gasteiger partial charge on any atom is 0.255 e. The number of nitrogens with zero attached hydrogens (tertiary/aromatic N) is 3. The van der Waals surface area contributed by atoms with Crippen molar-refractivity contribution in [2.24, 2.45) is 0 Å². The number of rotatable bonds is 9. The Bertz CT molecular complexity index is 1330. The molecule has 1 saturated heterocycles. The Morgan fingerprint density at radius 3 is 2.43 bits per heavy atom.